The van der Waals surface area contributed by atoms with Gasteiger partial charge in [0, 0.05) is 21.8 Å². The molecule has 0 aliphatic carbocycles. The Balaban J connectivity index is 1.74. The quantitative estimate of drug-likeness (QED) is 0.294. The molecule has 0 saturated heterocycles. The summed E-state index contributed by atoms with van der Waals surface area (Å²) in [6.45, 7) is 6.50. The fourth-order valence-electron chi connectivity index (χ4n) is 3.87. The second-order valence-corrected chi connectivity index (χ2v) is 8.77. The molecule has 1 aromatic heterocycles. The minimum Gasteiger partial charge on any atom is -0.232 e. The molecule has 146 valence electrons. The van der Waals surface area contributed by atoms with Crippen LogP contribution in [0.15, 0.2) is 91.0 Å². The molecule has 0 spiro atoms. The summed E-state index contributed by atoms with van der Waals surface area (Å²) in [5.41, 5.74) is 5.43. The van der Waals surface area contributed by atoms with Crippen molar-refractivity contribution in [1.29, 1.82) is 0 Å². The van der Waals surface area contributed by atoms with Crippen LogP contribution in [0.3, 0.4) is 0 Å². The maximum Gasteiger partial charge on any atom is 0.135 e. The van der Waals surface area contributed by atoms with Crippen molar-refractivity contribution in [3.63, 3.8) is 0 Å². The average molecular weight is 389 g/mol. The maximum atomic E-state index is 5.04. The van der Waals surface area contributed by atoms with Gasteiger partial charge in [0.25, 0.3) is 0 Å². The molecule has 0 amide bonds. The number of aromatic nitrogens is 2. The Morgan fingerprint density at radius 2 is 1.17 bits per heavy atom. The predicted molar refractivity (Wildman–Crippen MR) is 127 cm³/mol. The maximum absolute atomic E-state index is 5.04. The van der Waals surface area contributed by atoms with Gasteiger partial charge in [-0.2, -0.15) is 0 Å². The van der Waals surface area contributed by atoms with Crippen LogP contribution in [0.4, 0.5) is 0 Å². The van der Waals surface area contributed by atoms with Gasteiger partial charge in [-0.25, -0.2) is 9.97 Å². The van der Waals surface area contributed by atoms with Crippen LogP contribution in [0, 0.1) is 0 Å². The van der Waals surface area contributed by atoms with E-state index >= 15 is 0 Å². The molecule has 2 nitrogen and oxygen atoms in total. The molecule has 0 aliphatic rings. The molecular weight excluding hydrogens is 364 g/mol. The van der Waals surface area contributed by atoms with Gasteiger partial charge < -0.3 is 0 Å². The summed E-state index contributed by atoms with van der Waals surface area (Å²) < 4.78 is 0. The topological polar surface area (TPSA) is 25.8 Å². The van der Waals surface area contributed by atoms with Crippen LogP contribution in [-0.4, -0.2) is 9.97 Å². The lowest BCUT2D eigenvalue weighted by molar-refractivity contribution is 0.549. The van der Waals surface area contributed by atoms with Crippen LogP contribution < -0.4 is 0 Å². The van der Waals surface area contributed by atoms with Crippen LogP contribution in [0.1, 0.15) is 26.6 Å². The monoisotopic (exact) mass is 388 g/mol. The van der Waals surface area contributed by atoms with E-state index in [1.807, 2.05) is 6.07 Å². The van der Waals surface area contributed by atoms with Crippen LogP contribution in [0.2, 0.25) is 0 Å². The van der Waals surface area contributed by atoms with Crippen LogP contribution >= 0.6 is 0 Å². The van der Waals surface area contributed by atoms with Gasteiger partial charge in [-0.1, -0.05) is 106 Å². The number of fused-ring (bicyclic) bond motifs is 3. The third-order valence-electron chi connectivity index (χ3n) is 5.53. The first-order valence-electron chi connectivity index (χ1n) is 10.4. The van der Waals surface area contributed by atoms with E-state index in [9.17, 15) is 0 Å². The van der Waals surface area contributed by atoms with Crippen molar-refractivity contribution in [1.82, 2.24) is 9.97 Å². The summed E-state index contributed by atoms with van der Waals surface area (Å²) in [6, 6.07) is 31.9. The molecule has 0 bridgehead atoms. The Kier molecular flexibility index (Phi) is 4.36. The minimum atomic E-state index is -0.135. The van der Waals surface area contributed by atoms with Gasteiger partial charge >= 0.3 is 0 Å². The number of rotatable bonds is 2. The fraction of sp³-hybridized carbons (Fsp3) is 0.143. The zero-order valence-corrected chi connectivity index (χ0v) is 17.6. The highest BCUT2D eigenvalue weighted by Gasteiger charge is 2.21. The summed E-state index contributed by atoms with van der Waals surface area (Å²) in [7, 11) is 0. The van der Waals surface area contributed by atoms with Crippen molar-refractivity contribution in [2.75, 3.05) is 0 Å². The molecule has 0 radical (unpaired) electrons. The van der Waals surface area contributed by atoms with Gasteiger partial charge in [0.1, 0.15) is 5.82 Å². The highest BCUT2D eigenvalue weighted by molar-refractivity contribution is 6.09. The zero-order chi connectivity index (χ0) is 20.7. The second-order valence-electron chi connectivity index (χ2n) is 8.77. The largest absolute Gasteiger partial charge is 0.232 e. The molecular formula is C28H24N2. The van der Waals surface area contributed by atoms with Gasteiger partial charge in [-0.15, -0.1) is 0 Å². The normalized spacial score (nSPS) is 11.8. The Morgan fingerprint density at radius 3 is 1.90 bits per heavy atom. The third kappa shape index (κ3) is 3.25. The molecule has 0 N–H and O–H groups in total. The molecule has 2 heteroatoms. The lowest BCUT2D eigenvalue weighted by Crippen LogP contribution is -2.16. The third-order valence-corrected chi connectivity index (χ3v) is 5.53. The van der Waals surface area contributed by atoms with Gasteiger partial charge in [0.05, 0.1) is 11.2 Å². The van der Waals surface area contributed by atoms with Crippen molar-refractivity contribution in [3.05, 3.63) is 96.8 Å². The van der Waals surface area contributed by atoms with Crippen LogP contribution in [-0.2, 0) is 5.41 Å². The van der Waals surface area contributed by atoms with E-state index in [0.29, 0.717) is 0 Å². The standard InChI is InChI=1S/C28H24N2/c1-28(2,3)27-29-25(22-15-13-20(14-16-22)19-9-5-4-6-10-19)24-18-17-21-11-7-8-12-23(21)26(24)30-27/h4-18H,1-3H3. The number of hydrogen-bond donors (Lipinski definition) is 0. The Hall–Kier alpha value is -3.52. The summed E-state index contributed by atoms with van der Waals surface area (Å²) >= 11 is 0. The van der Waals surface area contributed by atoms with Crippen molar-refractivity contribution in [3.8, 4) is 22.4 Å². The second kappa shape index (κ2) is 7.07. The van der Waals surface area contributed by atoms with Gasteiger partial charge in [0.15, 0.2) is 0 Å². The molecule has 4 aromatic carbocycles. The summed E-state index contributed by atoms with van der Waals surface area (Å²) in [6.07, 6.45) is 0. The van der Waals surface area contributed by atoms with E-state index in [-0.39, 0.29) is 5.41 Å². The van der Waals surface area contributed by atoms with E-state index in [2.05, 4.69) is 106 Å². The average Bonchev–Trinajstić information content (AvgIpc) is 2.78. The van der Waals surface area contributed by atoms with Crippen molar-refractivity contribution in [2.24, 2.45) is 0 Å². The summed E-state index contributed by atoms with van der Waals surface area (Å²) in [5, 5.41) is 3.47. The smallest absolute Gasteiger partial charge is 0.135 e. The first-order chi connectivity index (χ1) is 14.5. The molecule has 5 rings (SSSR count). The number of hydrogen-bond acceptors (Lipinski definition) is 2. The lowest BCUT2D eigenvalue weighted by atomic mass is 9.93. The molecule has 0 aliphatic heterocycles. The number of benzene rings is 4. The summed E-state index contributed by atoms with van der Waals surface area (Å²) in [4.78, 5) is 10.1. The fourth-order valence-corrected chi connectivity index (χ4v) is 3.87. The van der Waals surface area contributed by atoms with E-state index < -0.39 is 0 Å². The number of nitrogens with zero attached hydrogens (tertiary/aromatic N) is 2. The van der Waals surface area contributed by atoms with E-state index in [1.165, 1.54) is 21.9 Å². The lowest BCUT2D eigenvalue weighted by Gasteiger charge is -2.19. The van der Waals surface area contributed by atoms with Crippen molar-refractivity contribution < 1.29 is 0 Å². The predicted octanol–water partition coefficient (Wildman–Crippen LogP) is 7.41. The Morgan fingerprint density at radius 1 is 0.533 bits per heavy atom. The van der Waals surface area contributed by atoms with Gasteiger partial charge in [-0.3, -0.25) is 0 Å². The van der Waals surface area contributed by atoms with E-state index in [0.717, 1.165) is 28.0 Å². The summed E-state index contributed by atoms with van der Waals surface area (Å²) in [5.74, 6) is 0.869. The molecule has 0 fully saturated rings. The van der Waals surface area contributed by atoms with Gasteiger partial charge in [0.2, 0.25) is 0 Å². The highest BCUT2D eigenvalue weighted by atomic mass is 14.9. The molecule has 0 saturated carbocycles. The van der Waals surface area contributed by atoms with Crippen molar-refractivity contribution in [2.45, 2.75) is 26.2 Å². The van der Waals surface area contributed by atoms with Crippen LogP contribution in [0.25, 0.3) is 44.1 Å². The van der Waals surface area contributed by atoms with Crippen LogP contribution in [0.5, 0.6) is 0 Å². The SMILES string of the molecule is CC(C)(C)c1nc(-c2ccc(-c3ccccc3)cc2)c2ccc3ccccc3c2n1. The van der Waals surface area contributed by atoms with E-state index in [4.69, 9.17) is 9.97 Å². The van der Waals surface area contributed by atoms with Crippen molar-refractivity contribution >= 4 is 21.7 Å². The highest BCUT2D eigenvalue weighted by Crippen LogP contribution is 2.34. The van der Waals surface area contributed by atoms with E-state index in [1.54, 1.807) is 0 Å². The first kappa shape index (κ1) is 18.5. The molecule has 1 heterocycles. The molecule has 0 unspecified atom stereocenters. The minimum absolute atomic E-state index is 0.135. The van der Waals surface area contributed by atoms with Gasteiger partial charge in [-0.05, 0) is 22.6 Å². The molecule has 5 aromatic rings. The zero-order valence-electron chi connectivity index (χ0n) is 17.6. The molecule has 0 atom stereocenters. The molecule has 30 heavy (non-hydrogen) atoms. The Labute approximate surface area is 177 Å². The first-order valence-corrected chi connectivity index (χ1v) is 10.4. The Bertz CT molecular complexity index is 1350.